The third kappa shape index (κ3) is 2.41. The fourth-order valence-electron chi connectivity index (χ4n) is 2.99. The van der Waals surface area contributed by atoms with Crippen LogP contribution in [0.4, 0.5) is 10.1 Å². The van der Waals surface area contributed by atoms with Crippen molar-refractivity contribution >= 4 is 17.5 Å². The summed E-state index contributed by atoms with van der Waals surface area (Å²) in [4.78, 5) is 30.8. The van der Waals surface area contributed by atoms with E-state index in [2.05, 4.69) is 4.98 Å². The number of fused-ring (bicyclic) bond motifs is 1. The Kier molecular flexibility index (Phi) is 3.42. The molecule has 2 aromatic carbocycles. The highest BCUT2D eigenvalue weighted by Crippen LogP contribution is 2.36. The van der Waals surface area contributed by atoms with Crippen LogP contribution in [0.25, 0.3) is 11.3 Å². The van der Waals surface area contributed by atoms with Crippen LogP contribution in [0.2, 0.25) is 0 Å². The third-order valence-electron chi connectivity index (χ3n) is 4.19. The summed E-state index contributed by atoms with van der Waals surface area (Å²) >= 11 is 0. The van der Waals surface area contributed by atoms with Crippen LogP contribution in [0.1, 0.15) is 26.3 Å². The molecule has 0 saturated carbocycles. The van der Waals surface area contributed by atoms with Crippen molar-refractivity contribution in [2.24, 2.45) is 0 Å². The third-order valence-corrected chi connectivity index (χ3v) is 4.19. The van der Waals surface area contributed by atoms with Gasteiger partial charge in [0, 0.05) is 5.56 Å². The molecule has 1 aliphatic heterocycles. The van der Waals surface area contributed by atoms with Gasteiger partial charge in [0.05, 0.1) is 28.7 Å². The molecule has 0 bridgehead atoms. The summed E-state index contributed by atoms with van der Waals surface area (Å²) in [5.74, 6) is -1.18. The highest BCUT2D eigenvalue weighted by atomic mass is 19.1. The zero-order valence-corrected chi connectivity index (χ0v) is 13.4. The molecule has 1 aliphatic rings. The van der Waals surface area contributed by atoms with E-state index in [0.717, 1.165) is 16.7 Å². The first-order valence-electron chi connectivity index (χ1n) is 7.76. The van der Waals surface area contributed by atoms with Gasteiger partial charge >= 0.3 is 0 Å². The Labute approximate surface area is 143 Å². The Bertz CT molecular complexity index is 977. The summed E-state index contributed by atoms with van der Waals surface area (Å²) in [7, 11) is 0. The second kappa shape index (κ2) is 5.63. The lowest BCUT2D eigenvalue weighted by Crippen LogP contribution is -2.30. The lowest BCUT2D eigenvalue weighted by atomic mass is 10.0. The van der Waals surface area contributed by atoms with Crippen LogP contribution in [0.15, 0.2) is 60.8 Å². The van der Waals surface area contributed by atoms with Gasteiger partial charge in [-0.25, -0.2) is 9.29 Å². The minimum Gasteiger partial charge on any atom is -0.268 e. The predicted octanol–water partition coefficient (Wildman–Crippen LogP) is 4.00. The molecular weight excluding hydrogens is 319 g/mol. The molecule has 0 radical (unpaired) electrons. The van der Waals surface area contributed by atoms with Crippen molar-refractivity contribution in [3.63, 3.8) is 0 Å². The molecule has 4 nitrogen and oxygen atoms in total. The molecule has 0 aliphatic carbocycles. The van der Waals surface area contributed by atoms with E-state index in [-0.39, 0.29) is 11.8 Å². The monoisotopic (exact) mass is 332 g/mol. The molecule has 0 spiro atoms. The lowest BCUT2D eigenvalue weighted by molar-refractivity contribution is 0.0926. The minimum atomic E-state index is -0.446. The molecule has 5 heteroatoms. The average molecular weight is 332 g/mol. The number of imide groups is 1. The van der Waals surface area contributed by atoms with Crippen molar-refractivity contribution in [2.75, 3.05) is 4.90 Å². The maximum atomic E-state index is 13.2. The smallest absolute Gasteiger partial charge is 0.266 e. The maximum Gasteiger partial charge on any atom is 0.266 e. The van der Waals surface area contributed by atoms with Crippen LogP contribution < -0.4 is 4.90 Å². The maximum absolute atomic E-state index is 13.2. The number of carbonyl (C=O) groups excluding carboxylic acids is 2. The number of hydrogen-bond donors (Lipinski definition) is 0. The van der Waals surface area contributed by atoms with Gasteiger partial charge in [0.15, 0.2) is 0 Å². The summed E-state index contributed by atoms with van der Waals surface area (Å²) in [5.41, 5.74) is 3.20. The van der Waals surface area contributed by atoms with E-state index < -0.39 is 5.82 Å². The molecule has 3 aromatic rings. The van der Waals surface area contributed by atoms with E-state index in [0.29, 0.717) is 28.1 Å². The number of halogens is 1. The van der Waals surface area contributed by atoms with Crippen LogP contribution in [-0.2, 0) is 0 Å². The van der Waals surface area contributed by atoms with Crippen molar-refractivity contribution in [1.29, 1.82) is 0 Å². The molecule has 122 valence electrons. The first-order valence-corrected chi connectivity index (χ1v) is 7.76. The Morgan fingerprint density at radius 2 is 1.56 bits per heavy atom. The number of anilines is 1. The number of aryl methyl sites for hydroxylation is 1. The van der Waals surface area contributed by atoms with E-state index >= 15 is 0 Å². The Balaban J connectivity index is 1.89. The predicted molar refractivity (Wildman–Crippen MR) is 92.0 cm³/mol. The highest BCUT2D eigenvalue weighted by molar-refractivity contribution is 6.35. The first-order chi connectivity index (χ1) is 12.1. The standard InChI is InChI=1S/C20H13FN2O2/c1-12-6-8-16(17-9-7-13(21)11-22-17)18(10-12)23-19(24)14-4-2-3-5-15(14)20(23)25/h2-11H,1H3. The number of rotatable bonds is 2. The van der Waals surface area contributed by atoms with E-state index in [4.69, 9.17) is 0 Å². The molecule has 1 aromatic heterocycles. The summed E-state index contributed by atoms with van der Waals surface area (Å²) < 4.78 is 13.2. The number of nitrogens with zero attached hydrogens (tertiary/aromatic N) is 2. The van der Waals surface area contributed by atoms with E-state index in [1.807, 2.05) is 13.0 Å². The molecule has 0 N–H and O–H groups in total. The Hall–Kier alpha value is -3.34. The van der Waals surface area contributed by atoms with Crippen molar-refractivity contribution in [2.45, 2.75) is 6.92 Å². The number of amides is 2. The van der Waals surface area contributed by atoms with Crippen molar-refractivity contribution in [1.82, 2.24) is 4.98 Å². The SMILES string of the molecule is Cc1ccc(-c2ccc(F)cn2)c(N2C(=O)c3ccccc3C2=O)c1. The average Bonchev–Trinajstić information content (AvgIpc) is 2.87. The van der Waals surface area contributed by atoms with Crippen LogP contribution in [0.5, 0.6) is 0 Å². The number of pyridine rings is 1. The molecule has 0 unspecified atom stereocenters. The summed E-state index contributed by atoms with van der Waals surface area (Å²) in [5, 5.41) is 0. The van der Waals surface area contributed by atoms with Crippen LogP contribution in [-0.4, -0.2) is 16.8 Å². The van der Waals surface area contributed by atoms with Crippen LogP contribution in [0.3, 0.4) is 0 Å². The molecule has 0 fully saturated rings. The Morgan fingerprint density at radius 1 is 0.880 bits per heavy atom. The number of benzene rings is 2. The van der Waals surface area contributed by atoms with Gasteiger partial charge in [-0.05, 0) is 42.8 Å². The number of carbonyl (C=O) groups is 2. The molecule has 2 heterocycles. The van der Waals surface area contributed by atoms with Gasteiger partial charge in [-0.15, -0.1) is 0 Å². The summed E-state index contributed by atoms with van der Waals surface area (Å²) in [6.07, 6.45) is 1.11. The van der Waals surface area contributed by atoms with Gasteiger partial charge in [-0.3, -0.25) is 14.6 Å². The fourth-order valence-corrected chi connectivity index (χ4v) is 2.99. The topological polar surface area (TPSA) is 50.3 Å². The number of aromatic nitrogens is 1. The van der Waals surface area contributed by atoms with Crippen molar-refractivity contribution in [3.8, 4) is 11.3 Å². The quantitative estimate of drug-likeness (QED) is 0.667. The van der Waals surface area contributed by atoms with Gasteiger partial charge in [-0.1, -0.05) is 24.3 Å². The van der Waals surface area contributed by atoms with Crippen LogP contribution in [0, 0.1) is 12.7 Å². The molecule has 4 rings (SSSR count). The second-order valence-corrected chi connectivity index (χ2v) is 5.87. The Morgan fingerprint density at radius 3 is 2.16 bits per heavy atom. The van der Waals surface area contributed by atoms with Gasteiger partial charge in [0.2, 0.25) is 0 Å². The zero-order valence-electron chi connectivity index (χ0n) is 13.4. The van der Waals surface area contributed by atoms with Crippen molar-refractivity contribution < 1.29 is 14.0 Å². The van der Waals surface area contributed by atoms with Gasteiger partial charge in [0.1, 0.15) is 5.82 Å². The zero-order chi connectivity index (χ0) is 17.6. The van der Waals surface area contributed by atoms with E-state index in [1.165, 1.54) is 12.1 Å². The normalized spacial score (nSPS) is 13.3. The molecule has 2 amide bonds. The molecule has 0 saturated heterocycles. The van der Waals surface area contributed by atoms with Crippen molar-refractivity contribution in [3.05, 3.63) is 83.3 Å². The van der Waals surface area contributed by atoms with Gasteiger partial charge < -0.3 is 0 Å². The number of hydrogen-bond acceptors (Lipinski definition) is 3. The van der Waals surface area contributed by atoms with Gasteiger partial charge in [-0.2, -0.15) is 0 Å². The second-order valence-electron chi connectivity index (χ2n) is 5.87. The van der Waals surface area contributed by atoms with Gasteiger partial charge in [0.25, 0.3) is 11.8 Å². The van der Waals surface area contributed by atoms with E-state index in [1.54, 1.807) is 36.4 Å². The largest absolute Gasteiger partial charge is 0.268 e. The molecule has 0 atom stereocenters. The lowest BCUT2D eigenvalue weighted by Gasteiger charge is -2.18. The highest BCUT2D eigenvalue weighted by Gasteiger charge is 2.37. The summed E-state index contributed by atoms with van der Waals surface area (Å²) in [6, 6.07) is 15.0. The van der Waals surface area contributed by atoms with E-state index in [9.17, 15) is 14.0 Å². The first kappa shape index (κ1) is 15.2. The fraction of sp³-hybridized carbons (Fsp3) is 0.0500. The molecule has 25 heavy (non-hydrogen) atoms. The van der Waals surface area contributed by atoms with Crippen LogP contribution >= 0.6 is 0 Å². The summed E-state index contributed by atoms with van der Waals surface area (Å²) in [6.45, 7) is 1.88. The minimum absolute atomic E-state index is 0.366. The molecular formula is C20H13FN2O2.